The standard InChI is InChI=1S/C17H19FN4O3S/c18-13-1-3-14(4-2-13)21-11-9-20(10-12-21)8-7-19-17(23)15-5-6-16(26-15)22(24)25/h1-6H,7-12H2,(H,19,23). The molecule has 1 saturated heterocycles. The first-order chi connectivity index (χ1) is 12.5. The summed E-state index contributed by atoms with van der Waals surface area (Å²) in [5.41, 5.74) is 1.01. The molecular formula is C17H19FN4O3S. The number of benzene rings is 1. The average molecular weight is 378 g/mol. The van der Waals surface area contributed by atoms with Gasteiger partial charge >= 0.3 is 5.00 Å². The Morgan fingerprint density at radius 3 is 2.46 bits per heavy atom. The van der Waals surface area contributed by atoms with Gasteiger partial charge in [-0.1, -0.05) is 11.3 Å². The zero-order valence-corrected chi connectivity index (χ0v) is 14.9. The Hall–Kier alpha value is -2.52. The van der Waals surface area contributed by atoms with Crippen molar-refractivity contribution in [3.63, 3.8) is 0 Å². The number of carbonyl (C=O) groups excluding carboxylic acids is 1. The third-order valence-corrected chi connectivity index (χ3v) is 5.31. The normalized spacial score (nSPS) is 15.0. The number of carbonyl (C=O) groups is 1. The number of rotatable bonds is 6. The van der Waals surface area contributed by atoms with Crippen molar-refractivity contribution in [2.24, 2.45) is 0 Å². The summed E-state index contributed by atoms with van der Waals surface area (Å²) in [7, 11) is 0. The summed E-state index contributed by atoms with van der Waals surface area (Å²) >= 11 is 0.876. The van der Waals surface area contributed by atoms with Gasteiger partial charge in [-0.2, -0.15) is 0 Å². The zero-order chi connectivity index (χ0) is 18.5. The predicted octanol–water partition coefficient (Wildman–Crippen LogP) is 2.35. The maximum atomic E-state index is 13.0. The van der Waals surface area contributed by atoms with Gasteiger partial charge in [-0.3, -0.25) is 19.8 Å². The largest absolute Gasteiger partial charge is 0.369 e. The molecule has 0 spiro atoms. The fraction of sp³-hybridized carbons (Fsp3) is 0.353. The summed E-state index contributed by atoms with van der Waals surface area (Å²) < 4.78 is 13.0. The van der Waals surface area contributed by atoms with E-state index in [-0.39, 0.29) is 16.7 Å². The topological polar surface area (TPSA) is 78.7 Å². The third kappa shape index (κ3) is 4.55. The number of amides is 1. The molecule has 1 amide bonds. The molecule has 1 aromatic heterocycles. The van der Waals surface area contributed by atoms with Crippen LogP contribution in [-0.4, -0.2) is 55.0 Å². The molecule has 7 nitrogen and oxygen atoms in total. The molecular weight excluding hydrogens is 359 g/mol. The van der Waals surface area contributed by atoms with E-state index in [2.05, 4.69) is 15.1 Å². The van der Waals surface area contributed by atoms with Crippen LogP contribution in [0.2, 0.25) is 0 Å². The number of anilines is 1. The lowest BCUT2D eigenvalue weighted by Gasteiger charge is -2.36. The highest BCUT2D eigenvalue weighted by Gasteiger charge is 2.18. The molecule has 26 heavy (non-hydrogen) atoms. The number of thiophene rings is 1. The van der Waals surface area contributed by atoms with E-state index in [1.54, 1.807) is 12.1 Å². The lowest BCUT2D eigenvalue weighted by Crippen LogP contribution is -2.48. The molecule has 1 aliphatic rings. The zero-order valence-electron chi connectivity index (χ0n) is 14.1. The van der Waals surface area contributed by atoms with Crippen LogP contribution in [0, 0.1) is 15.9 Å². The fourth-order valence-corrected chi connectivity index (χ4v) is 3.58. The van der Waals surface area contributed by atoms with Gasteiger partial charge in [0.15, 0.2) is 0 Å². The summed E-state index contributed by atoms with van der Waals surface area (Å²) in [5.74, 6) is -0.521. The summed E-state index contributed by atoms with van der Waals surface area (Å²) in [5, 5.41) is 13.4. The molecule has 1 fully saturated rings. The monoisotopic (exact) mass is 378 g/mol. The predicted molar refractivity (Wildman–Crippen MR) is 98.4 cm³/mol. The third-order valence-electron chi connectivity index (χ3n) is 4.27. The van der Waals surface area contributed by atoms with Crippen molar-refractivity contribution in [2.75, 3.05) is 44.2 Å². The number of hydrogen-bond acceptors (Lipinski definition) is 6. The maximum Gasteiger partial charge on any atom is 0.324 e. The van der Waals surface area contributed by atoms with Gasteiger partial charge in [-0.15, -0.1) is 0 Å². The Kier molecular flexibility index (Phi) is 5.79. The second kappa shape index (κ2) is 8.24. The van der Waals surface area contributed by atoms with E-state index in [0.717, 1.165) is 49.7 Å². The minimum absolute atomic E-state index is 0.0351. The molecule has 1 aliphatic heterocycles. The van der Waals surface area contributed by atoms with Gasteiger partial charge in [-0.25, -0.2) is 4.39 Å². The number of piperazine rings is 1. The minimum Gasteiger partial charge on any atom is -0.369 e. The second-order valence-corrected chi connectivity index (χ2v) is 7.02. The summed E-state index contributed by atoms with van der Waals surface area (Å²) in [6.45, 7) is 4.61. The van der Waals surface area contributed by atoms with Crippen LogP contribution in [-0.2, 0) is 0 Å². The van der Waals surface area contributed by atoms with E-state index in [0.29, 0.717) is 11.4 Å². The van der Waals surface area contributed by atoms with Crippen LogP contribution in [0.3, 0.4) is 0 Å². The first kappa shape index (κ1) is 18.3. The Morgan fingerprint density at radius 2 is 1.85 bits per heavy atom. The van der Waals surface area contributed by atoms with E-state index in [1.807, 2.05) is 0 Å². The molecule has 0 saturated carbocycles. The van der Waals surface area contributed by atoms with E-state index in [1.165, 1.54) is 24.3 Å². The molecule has 0 unspecified atom stereocenters. The van der Waals surface area contributed by atoms with Crippen LogP contribution in [0.4, 0.5) is 15.1 Å². The first-order valence-electron chi connectivity index (χ1n) is 8.28. The van der Waals surface area contributed by atoms with Crippen molar-refractivity contribution < 1.29 is 14.1 Å². The Labute approximate surface area is 154 Å². The molecule has 0 radical (unpaired) electrons. The van der Waals surface area contributed by atoms with Crippen LogP contribution in [0.5, 0.6) is 0 Å². The summed E-state index contributed by atoms with van der Waals surface area (Å²) in [4.78, 5) is 27.0. The molecule has 0 bridgehead atoms. The van der Waals surface area contributed by atoms with Crippen LogP contribution in [0.1, 0.15) is 9.67 Å². The SMILES string of the molecule is O=C(NCCN1CCN(c2ccc(F)cc2)CC1)c1ccc([N+](=O)[O-])s1. The van der Waals surface area contributed by atoms with Gasteiger partial charge in [0, 0.05) is 51.0 Å². The van der Waals surface area contributed by atoms with Crippen molar-refractivity contribution in [3.8, 4) is 0 Å². The number of halogens is 1. The van der Waals surface area contributed by atoms with Gasteiger partial charge in [-0.05, 0) is 30.3 Å². The van der Waals surface area contributed by atoms with Gasteiger partial charge in [0.05, 0.1) is 9.80 Å². The maximum absolute atomic E-state index is 13.0. The molecule has 138 valence electrons. The van der Waals surface area contributed by atoms with Crippen molar-refractivity contribution in [2.45, 2.75) is 0 Å². The number of hydrogen-bond donors (Lipinski definition) is 1. The molecule has 2 heterocycles. The Bertz CT molecular complexity index is 773. The fourth-order valence-electron chi connectivity index (χ4n) is 2.84. The number of nitrogens with one attached hydrogen (secondary N) is 1. The first-order valence-corrected chi connectivity index (χ1v) is 9.10. The van der Waals surface area contributed by atoms with Gasteiger partial charge in [0.2, 0.25) is 0 Å². The number of nitro groups is 1. The van der Waals surface area contributed by atoms with Crippen molar-refractivity contribution in [1.29, 1.82) is 0 Å². The van der Waals surface area contributed by atoms with Gasteiger partial charge < -0.3 is 10.2 Å². The molecule has 1 aromatic carbocycles. The lowest BCUT2D eigenvalue weighted by atomic mass is 10.2. The molecule has 0 atom stereocenters. The molecule has 3 rings (SSSR count). The van der Waals surface area contributed by atoms with E-state index in [9.17, 15) is 19.3 Å². The van der Waals surface area contributed by atoms with Crippen LogP contribution < -0.4 is 10.2 Å². The molecule has 1 N–H and O–H groups in total. The second-order valence-electron chi connectivity index (χ2n) is 5.96. The van der Waals surface area contributed by atoms with Gasteiger partial charge in [0.1, 0.15) is 5.82 Å². The molecule has 9 heteroatoms. The highest BCUT2D eigenvalue weighted by atomic mass is 32.1. The van der Waals surface area contributed by atoms with Crippen molar-refractivity contribution in [3.05, 3.63) is 57.2 Å². The average Bonchev–Trinajstić information content (AvgIpc) is 3.14. The van der Waals surface area contributed by atoms with Crippen molar-refractivity contribution in [1.82, 2.24) is 10.2 Å². The Balaban J connectivity index is 1.40. The van der Waals surface area contributed by atoms with E-state index in [4.69, 9.17) is 0 Å². The van der Waals surface area contributed by atoms with Crippen LogP contribution in [0.25, 0.3) is 0 Å². The summed E-state index contributed by atoms with van der Waals surface area (Å²) in [6, 6.07) is 9.31. The highest BCUT2D eigenvalue weighted by molar-refractivity contribution is 7.17. The van der Waals surface area contributed by atoms with Crippen molar-refractivity contribution >= 4 is 27.9 Å². The van der Waals surface area contributed by atoms with Crippen LogP contribution in [0.15, 0.2) is 36.4 Å². The van der Waals surface area contributed by atoms with Gasteiger partial charge in [0.25, 0.3) is 5.91 Å². The van der Waals surface area contributed by atoms with Crippen LogP contribution >= 0.6 is 11.3 Å². The Morgan fingerprint density at radius 1 is 1.15 bits per heavy atom. The number of nitrogens with zero attached hydrogens (tertiary/aromatic N) is 3. The minimum atomic E-state index is -0.498. The quantitative estimate of drug-likeness (QED) is 0.617. The summed E-state index contributed by atoms with van der Waals surface area (Å²) in [6.07, 6.45) is 0. The molecule has 2 aromatic rings. The smallest absolute Gasteiger partial charge is 0.324 e. The lowest BCUT2D eigenvalue weighted by molar-refractivity contribution is -0.380. The molecule has 0 aliphatic carbocycles. The van der Waals surface area contributed by atoms with E-state index >= 15 is 0 Å². The highest BCUT2D eigenvalue weighted by Crippen LogP contribution is 2.23. The van der Waals surface area contributed by atoms with E-state index < -0.39 is 4.92 Å².